The third kappa shape index (κ3) is 4.41. The fourth-order valence-electron chi connectivity index (χ4n) is 2.27. The zero-order valence-corrected chi connectivity index (χ0v) is 15.1. The summed E-state index contributed by atoms with van der Waals surface area (Å²) in [5.74, 6) is -0.0933. The molecule has 2 aromatic rings. The maximum Gasteiger partial charge on any atom is 0.238 e. The van der Waals surface area contributed by atoms with Crippen LogP contribution in [0.25, 0.3) is 0 Å². The van der Waals surface area contributed by atoms with Gasteiger partial charge in [-0.05, 0) is 30.2 Å². The molecule has 1 unspecified atom stereocenters. The smallest absolute Gasteiger partial charge is 0.225 e. The number of primary sulfonamides is 1. The number of hydrogen-bond acceptors (Lipinski definition) is 4. The normalized spacial score (nSPS) is 13.8. The standard InChI is InChI=1S/C16H20N2O4S2/c1-13(15-8-10-16(11-9-15)24(17,21)22)18(2)23(19,20)12-14-6-4-3-5-7-14/h3-11,13H,12H2,1-2H3,(H2,17,21,22). The fourth-order valence-corrected chi connectivity index (χ4v) is 4.21. The lowest BCUT2D eigenvalue weighted by atomic mass is 10.1. The summed E-state index contributed by atoms with van der Waals surface area (Å²) in [6.07, 6.45) is 0. The molecule has 0 radical (unpaired) electrons. The quantitative estimate of drug-likeness (QED) is 0.841. The minimum Gasteiger partial charge on any atom is -0.225 e. The first kappa shape index (κ1) is 18.6. The topological polar surface area (TPSA) is 97.5 Å². The largest absolute Gasteiger partial charge is 0.238 e. The van der Waals surface area contributed by atoms with Gasteiger partial charge in [0.15, 0.2) is 0 Å². The van der Waals surface area contributed by atoms with Crippen LogP contribution in [-0.2, 0) is 25.8 Å². The monoisotopic (exact) mass is 368 g/mol. The predicted octanol–water partition coefficient (Wildman–Crippen LogP) is 1.86. The molecule has 0 heterocycles. The molecule has 0 saturated carbocycles. The molecule has 1 atom stereocenters. The van der Waals surface area contributed by atoms with E-state index in [1.165, 1.54) is 23.5 Å². The van der Waals surface area contributed by atoms with Gasteiger partial charge in [0.1, 0.15) is 0 Å². The molecule has 24 heavy (non-hydrogen) atoms. The van der Waals surface area contributed by atoms with Crippen molar-refractivity contribution in [1.29, 1.82) is 0 Å². The van der Waals surface area contributed by atoms with Crippen molar-refractivity contribution in [3.63, 3.8) is 0 Å². The highest BCUT2D eigenvalue weighted by Gasteiger charge is 2.24. The van der Waals surface area contributed by atoms with Crippen LogP contribution in [0.3, 0.4) is 0 Å². The van der Waals surface area contributed by atoms with Gasteiger partial charge in [0, 0.05) is 13.1 Å². The highest BCUT2D eigenvalue weighted by Crippen LogP contribution is 2.24. The summed E-state index contributed by atoms with van der Waals surface area (Å²) in [5, 5.41) is 5.06. The summed E-state index contributed by atoms with van der Waals surface area (Å²) in [7, 11) is -5.76. The van der Waals surface area contributed by atoms with Gasteiger partial charge in [-0.15, -0.1) is 0 Å². The van der Waals surface area contributed by atoms with E-state index in [-0.39, 0.29) is 10.6 Å². The molecule has 0 spiro atoms. The summed E-state index contributed by atoms with van der Waals surface area (Å²) in [4.78, 5) is -0.00625. The zero-order chi connectivity index (χ0) is 18.0. The van der Waals surface area contributed by atoms with Crippen LogP contribution in [0.15, 0.2) is 59.5 Å². The lowest BCUT2D eigenvalue weighted by molar-refractivity contribution is 0.397. The van der Waals surface area contributed by atoms with Crippen molar-refractivity contribution in [2.75, 3.05) is 7.05 Å². The molecule has 0 saturated heterocycles. The molecule has 0 fully saturated rings. The van der Waals surface area contributed by atoms with Crippen LogP contribution >= 0.6 is 0 Å². The Morgan fingerprint density at radius 2 is 1.50 bits per heavy atom. The Kier molecular flexibility index (Phi) is 5.44. The van der Waals surface area contributed by atoms with Crippen LogP contribution in [0, 0.1) is 0 Å². The fraction of sp³-hybridized carbons (Fsp3) is 0.250. The maximum absolute atomic E-state index is 12.6. The number of sulfonamides is 2. The number of nitrogens with zero attached hydrogens (tertiary/aromatic N) is 1. The van der Waals surface area contributed by atoms with Crippen LogP contribution in [0.1, 0.15) is 24.1 Å². The molecule has 0 aromatic heterocycles. The maximum atomic E-state index is 12.6. The number of hydrogen-bond donors (Lipinski definition) is 1. The average Bonchev–Trinajstić information content (AvgIpc) is 2.53. The van der Waals surface area contributed by atoms with Gasteiger partial charge in [0.2, 0.25) is 20.0 Å². The molecule has 8 heteroatoms. The molecule has 2 N–H and O–H groups in total. The van der Waals surface area contributed by atoms with E-state index in [0.29, 0.717) is 11.1 Å². The minimum absolute atomic E-state index is 0.00625. The van der Waals surface area contributed by atoms with Crippen LogP contribution < -0.4 is 5.14 Å². The summed E-state index contributed by atoms with van der Waals surface area (Å²) in [6.45, 7) is 1.74. The van der Waals surface area contributed by atoms with Crippen LogP contribution in [0.2, 0.25) is 0 Å². The van der Waals surface area contributed by atoms with Gasteiger partial charge >= 0.3 is 0 Å². The number of rotatable bonds is 6. The highest BCUT2D eigenvalue weighted by molar-refractivity contribution is 7.89. The van der Waals surface area contributed by atoms with Crippen molar-refractivity contribution in [1.82, 2.24) is 4.31 Å². The lowest BCUT2D eigenvalue weighted by Gasteiger charge is -2.25. The van der Waals surface area contributed by atoms with E-state index < -0.39 is 26.1 Å². The molecule has 0 amide bonds. The molecule has 0 bridgehead atoms. The predicted molar refractivity (Wildman–Crippen MR) is 93.1 cm³/mol. The number of benzene rings is 2. The van der Waals surface area contributed by atoms with Crippen molar-refractivity contribution in [2.24, 2.45) is 5.14 Å². The Balaban J connectivity index is 2.20. The van der Waals surface area contributed by atoms with Crippen LogP contribution in [0.4, 0.5) is 0 Å². The van der Waals surface area contributed by atoms with E-state index in [9.17, 15) is 16.8 Å². The average molecular weight is 368 g/mol. The Morgan fingerprint density at radius 3 is 2.00 bits per heavy atom. The van der Waals surface area contributed by atoms with E-state index in [4.69, 9.17) is 5.14 Å². The van der Waals surface area contributed by atoms with Gasteiger partial charge in [0.25, 0.3) is 0 Å². The van der Waals surface area contributed by atoms with Crippen molar-refractivity contribution in [3.8, 4) is 0 Å². The van der Waals surface area contributed by atoms with Gasteiger partial charge in [0.05, 0.1) is 10.6 Å². The number of nitrogens with two attached hydrogens (primary N) is 1. The Bertz CT molecular complexity index is 893. The second kappa shape index (κ2) is 7.02. The first-order chi connectivity index (χ1) is 11.1. The summed E-state index contributed by atoms with van der Waals surface area (Å²) in [5.41, 5.74) is 1.39. The molecule has 2 rings (SSSR count). The second-order valence-electron chi connectivity index (χ2n) is 5.55. The Labute approximate surface area is 143 Å². The van der Waals surface area contributed by atoms with E-state index in [0.717, 1.165) is 0 Å². The minimum atomic E-state index is -3.77. The van der Waals surface area contributed by atoms with Gasteiger partial charge in [-0.2, -0.15) is 4.31 Å². The lowest BCUT2D eigenvalue weighted by Crippen LogP contribution is -2.30. The molecule has 0 aliphatic carbocycles. The third-order valence-electron chi connectivity index (χ3n) is 3.87. The van der Waals surface area contributed by atoms with Gasteiger partial charge in [-0.1, -0.05) is 42.5 Å². The van der Waals surface area contributed by atoms with Gasteiger partial charge in [-0.25, -0.2) is 22.0 Å². The van der Waals surface area contributed by atoms with Gasteiger partial charge < -0.3 is 0 Å². The summed E-state index contributed by atoms with van der Waals surface area (Å²) >= 11 is 0. The van der Waals surface area contributed by atoms with E-state index >= 15 is 0 Å². The second-order valence-corrected chi connectivity index (χ2v) is 9.14. The van der Waals surface area contributed by atoms with Crippen LogP contribution in [0.5, 0.6) is 0 Å². The molecule has 0 aliphatic rings. The van der Waals surface area contributed by atoms with E-state index in [1.54, 1.807) is 43.3 Å². The van der Waals surface area contributed by atoms with Crippen LogP contribution in [-0.4, -0.2) is 28.2 Å². The molecule has 2 aromatic carbocycles. The zero-order valence-electron chi connectivity index (χ0n) is 13.5. The molecule has 6 nitrogen and oxygen atoms in total. The third-order valence-corrected chi connectivity index (χ3v) is 6.69. The molecular weight excluding hydrogens is 348 g/mol. The van der Waals surface area contributed by atoms with Crippen molar-refractivity contribution in [2.45, 2.75) is 23.6 Å². The molecule has 130 valence electrons. The van der Waals surface area contributed by atoms with Crippen molar-refractivity contribution >= 4 is 20.0 Å². The first-order valence-electron chi connectivity index (χ1n) is 7.23. The van der Waals surface area contributed by atoms with Crippen molar-refractivity contribution in [3.05, 3.63) is 65.7 Å². The van der Waals surface area contributed by atoms with Crippen molar-refractivity contribution < 1.29 is 16.8 Å². The van der Waals surface area contributed by atoms with E-state index in [2.05, 4.69) is 0 Å². The Morgan fingerprint density at radius 1 is 0.958 bits per heavy atom. The molecular formula is C16H20N2O4S2. The summed E-state index contributed by atoms with van der Waals surface area (Å²) in [6, 6.07) is 14.4. The summed E-state index contributed by atoms with van der Waals surface area (Å²) < 4.78 is 48.9. The van der Waals surface area contributed by atoms with E-state index in [1.807, 2.05) is 6.07 Å². The molecule has 0 aliphatic heterocycles. The van der Waals surface area contributed by atoms with Gasteiger partial charge in [-0.3, -0.25) is 0 Å². The highest BCUT2D eigenvalue weighted by atomic mass is 32.2. The first-order valence-corrected chi connectivity index (χ1v) is 10.4. The SMILES string of the molecule is CC(c1ccc(S(N)(=O)=O)cc1)N(C)S(=O)(=O)Cc1ccccc1. The Hall–Kier alpha value is -1.74.